The number of aryl methyl sites for hydroxylation is 2. The van der Waals surface area contributed by atoms with Gasteiger partial charge in [0.05, 0.1) is 0 Å². The summed E-state index contributed by atoms with van der Waals surface area (Å²) in [6, 6.07) is 6.35. The number of unbranched alkanes of at least 4 members (excludes halogenated alkanes) is 28. The average Bonchev–Trinajstić information content (AvgIpc) is 3.01. The number of rotatable bonds is 34. The van der Waals surface area contributed by atoms with E-state index in [-0.39, 0.29) is 19.5 Å². The summed E-state index contributed by atoms with van der Waals surface area (Å²) in [4.78, 5) is 12.1. The molecular formula is C40H73O2PS2Zn. The maximum Gasteiger partial charge on any atom is 2.00 e. The molecule has 1 aromatic rings. The fraction of sp³-hybridized carbons (Fsp3) is 0.850. The summed E-state index contributed by atoms with van der Waals surface area (Å²) in [5.41, 5.74) is 2.50. The summed E-state index contributed by atoms with van der Waals surface area (Å²) < 4.78 is 5.58. The predicted octanol–water partition coefficient (Wildman–Crippen LogP) is 14.0. The SMILES string of the molecule is CCCCCCCCCCCCCCCCCc1ccc(O[P+]([O-])([S-])[S-])c(CCCCCCCCCCCCCCCCC)c1.[Zn+2]. The van der Waals surface area contributed by atoms with E-state index in [9.17, 15) is 4.89 Å². The van der Waals surface area contributed by atoms with Crippen molar-refractivity contribution in [1.82, 2.24) is 0 Å². The Kier molecular flexibility index (Phi) is 34.7. The average molecular weight is 747 g/mol. The van der Waals surface area contributed by atoms with Crippen LogP contribution in [-0.2, 0) is 56.8 Å². The van der Waals surface area contributed by atoms with Crippen molar-refractivity contribution >= 4 is 30.6 Å². The van der Waals surface area contributed by atoms with Crippen LogP contribution in [0.4, 0.5) is 0 Å². The molecule has 0 aromatic heterocycles. The van der Waals surface area contributed by atoms with E-state index in [4.69, 9.17) is 29.0 Å². The number of hydrogen-bond acceptors (Lipinski definition) is 4. The second-order valence-electron chi connectivity index (χ2n) is 13.9. The molecule has 0 saturated carbocycles. The van der Waals surface area contributed by atoms with Crippen LogP contribution in [-0.4, -0.2) is 0 Å². The van der Waals surface area contributed by atoms with Crippen LogP contribution in [0.1, 0.15) is 218 Å². The van der Waals surface area contributed by atoms with Gasteiger partial charge in [-0.3, -0.25) is 0 Å². The summed E-state index contributed by atoms with van der Waals surface area (Å²) in [5, 5.41) is 0. The standard InChI is InChI=1S/C40H75O2PS2.Zn/c1-3-5-7-9-11-13-15-17-19-21-23-25-27-29-31-33-38-35-36-40(42-43(41,44)45)39(37-38)34-32-30-28-26-24-22-20-18-16-14-12-10-8-6-4-2;/h35-37H,3-34H2,1-2H3,(H2,41,44,45);/q;+2/p-2. The second-order valence-corrected chi connectivity index (χ2v) is 18.5. The van der Waals surface area contributed by atoms with Gasteiger partial charge in [-0.15, -0.1) is 6.12 Å². The molecule has 6 heteroatoms. The first-order chi connectivity index (χ1) is 22.0. The third-order valence-corrected chi connectivity index (χ3v) is 10.3. The van der Waals surface area contributed by atoms with Crippen molar-refractivity contribution in [2.75, 3.05) is 0 Å². The van der Waals surface area contributed by atoms with E-state index in [0.29, 0.717) is 5.75 Å². The van der Waals surface area contributed by atoms with Crippen molar-refractivity contribution in [3.05, 3.63) is 29.3 Å². The van der Waals surface area contributed by atoms with Gasteiger partial charge in [0.25, 0.3) is 0 Å². The molecule has 0 N–H and O–H groups in total. The molecule has 0 aliphatic heterocycles. The van der Waals surface area contributed by atoms with E-state index in [1.807, 2.05) is 6.07 Å². The normalized spacial score (nSPS) is 11.6. The molecule has 2 nitrogen and oxygen atoms in total. The van der Waals surface area contributed by atoms with Gasteiger partial charge < -0.3 is 33.9 Å². The van der Waals surface area contributed by atoms with E-state index in [1.165, 1.54) is 192 Å². The van der Waals surface area contributed by atoms with E-state index >= 15 is 0 Å². The number of benzene rings is 1. The van der Waals surface area contributed by atoms with E-state index in [1.54, 1.807) is 0 Å². The molecule has 0 radical (unpaired) electrons. The van der Waals surface area contributed by atoms with Gasteiger partial charge in [0.1, 0.15) is 0 Å². The van der Waals surface area contributed by atoms with Crippen LogP contribution < -0.4 is 9.42 Å². The molecule has 0 bridgehead atoms. The molecule has 1 aromatic carbocycles. The molecular weight excluding hydrogens is 673 g/mol. The third-order valence-electron chi connectivity index (χ3n) is 9.45. The van der Waals surface area contributed by atoms with Gasteiger partial charge in [-0.2, -0.15) is 0 Å². The van der Waals surface area contributed by atoms with Crippen LogP contribution in [0.15, 0.2) is 18.2 Å². The van der Waals surface area contributed by atoms with Gasteiger partial charge >= 0.3 is 19.5 Å². The zero-order valence-corrected chi connectivity index (χ0v) is 36.1. The van der Waals surface area contributed by atoms with Crippen molar-refractivity contribution in [2.45, 2.75) is 219 Å². The molecule has 0 unspecified atom stereocenters. The maximum atomic E-state index is 12.1. The maximum absolute atomic E-state index is 12.1. The Morgan fingerprint density at radius 2 is 0.783 bits per heavy atom. The van der Waals surface area contributed by atoms with Crippen molar-refractivity contribution in [2.24, 2.45) is 0 Å². The topological polar surface area (TPSA) is 32.3 Å². The van der Waals surface area contributed by atoms with Crippen molar-refractivity contribution in [1.29, 1.82) is 0 Å². The fourth-order valence-corrected chi connectivity index (χ4v) is 7.48. The monoisotopic (exact) mass is 744 g/mol. The van der Waals surface area contributed by atoms with E-state index in [2.05, 4.69) is 26.0 Å². The smallest absolute Gasteiger partial charge is 0.682 e. The van der Waals surface area contributed by atoms with Crippen LogP contribution in [0.2, 0.25) is 0 Å². The van der Waals surface area contributed by atoms with Crippen LogP contribution in [0.25, 0.3) is 0 Å². The van der Waals surface area contributed by atoms with Gasteiger partial charge in [-0.25, -0.2) is 0 Å². The van der Waals surface area contributed by atoms with Crippen LogP contribution in [0.5, 0.6) is 5.75 Å². The van der Waals surface area contributed by atoms with Gasteiger partial charge in [0, 0.05) is 0 Å². The Labute approximate surface area is 312 Å². The van der Waals surface area contributed by atoms with Gasteiger partial charge in [0.2, 0.25) is 0 Å². The van der Waals surface area contributed by atoms with Gasteiger partial charge in [-0.05, 0) is 42.9 Å². The first kappa shape index (κ1) is 46.7. The Balaban J connectivity index is 0.0000202. The zero-order chi connectivity index (χ0) is 32.7. The Bertz CT molecular complexity index is 774. The van der Waals surface area contributed by atoms with Gasteiger partial charge in [0.15, 0.2) is 5.75 Å². The summed E-state index contributed by atoms with van der Waals surface area (Å²) in [6.07, 6.45) is 40.1. The molecule has 0 fully saturated rings. The van der Waals surface area contributed by atoms with Crippen LogP contribution in [0.3, 0.4) is 0 Å². The number of hydrogen-bond donors (Lipinski definition) is 0. The quantitative estimate of drug-likeness (QED) is 0.0304. The van der Waals surface area contributed by atoms with Gasteiger partial charge in [-0.1, -0.05) is 206 Å². The summed E-state index contributed by atoms with van der Waals surface area (Å²) in [5.74, 6) is 0.647. The van der Waals surface area contributed by atoms with Crippen molar-refractivity contribution < 1.29 is 28.9 Å². The van der Waals surface area contributed by atoms with Crippen molar-refractivity contribution in [3.8, 4) is 5.75 Å². The molecule has 0 aliphatic rings. The van der Waals surface area contributed by atoms with E-state index in [0.717, 1.165) is 24.8 Å². The molecule has 1 rings (SSSR count). The predicted molar refractivity (Wildman–Crippen MR) is 206 cm³/mol. The Morgan fingerprint density at radius 3 is 1.11 bits per heavy atom. The minimum atomic E-state index is -3.39. The molecule has 0 amide bonds. The van der Waals surface area contributed by atoms with Crippen LogP contribution in [0, 0.1) is 0 Å². The molecule has 46 heavy (non-hydrogen) atoms. The Morgan fingerprint density at radius 1 is 0.478 bits per heavy atom. The third kappa shape index (κ3) is 30.8. The molecule has 264 valence electrons. The molecule has 0 heterocycles. The summed E-state index contributed by atoms with van der Waals surface area (Å²) in [7, 11) is 0. The largest absolute Gasteiger partial charge is 2.00 e. The molecule has 0 atom stereocenters. The fourth-order valence-electron chi connectivity index (χ4n) is 6.58. The molecule has 0 saturated heterocycles. The molecule has 0 spiro atoms. The summed E-state index contributed by atoms with van der Waals surface area (Å²) >= 11 is 9.86. The molecule has 0 aliphatic carbocycles. The summed E-state index contributed by atoms with van der Waals surface area (Å²) in [6.45, 7) is 4.58. The Hall–Kier alpha value is 0.733. The van der Waals surface area contributed by atoms with Crippen LogP contribution >= 0.6 is 6.12 Å². The minimum absolute atomic E-state index is 0. The second kappa shape index (κ2) is 34.2. The minimum Gasteiger partial charge on any atom is -0.682 e. The van der Waals surface area contributed by atoms with E-state index < -0.39 is 6.12 Å². The first-order valence-electron chi connectivity index (χ1n) is 19.8. The first-order valence-corrected chi connectivity index (χ1v) is 23.4. The van der Waals surface area contributed by atoms with Crippen molar-refractivity contribution in [3.63, 3.8) is 0 Å². The zero-order valence-electron chi connectivity index (χ0n) is 30.6.